The molecule has 1 aromatic rings. The van der Waals surface area contributed by atoms with E-state index in [9.17, 15) is 0 Å². The summed E-state index contributed by atoms with van der Waals surface area (Å²) in [6.45, 7) is 0. The molecule has 0 aliphatic heterocycles. The van der Waals surface area contributed by atoms with Crippen LogP contribution < -0.4 is 0 Å². The van der Waals surface area contributed by atoms with Crippen molar-refractivity contribution < 1.29 is 0 Å². The van der Waals surface area contributed by atoms with Crippen molar-refractivity contribution in [3.63, 3.8) is 0 Å². The van der Waals surface area contributed by atoms with E-state index >= 15 is 0 Å². The Morgan fingerprint density at radius 2 is 1.71 bits per heavy atom. The topological polar surface area (TPSA) is 0 Å². The van der Waals surface area contributed by atoms with E-state index < -0.39 is 0 Å². The normalized spacial score (nSPS) is 11.8. The van der Waals surface area contributed by atoms with Gasteiger partial charge in [0.1, 0.15) is 0 Å². The summed E-state index contributed by atoms with van der Waals surface area (Å²) >= 11 is 20.1. The van der Waals surface area contributed by atoms with Crippen LogP contribution in [0.4, 0.5) is 0 Å². The molecule has 0 nitrogen and oxygen atoms in total. The van der Waals surface area contributed by atoms with Crippen LogP contribution in [-0.2, 0) is 5.41 Å². The Balaban J connectivity index is 2.85. The Kier molecular flexibility index (Phi) is 7.10. The van der Waals surface area contributed by atoms with Crippen LogP contribution >= 0.6 is 46.6 Å². The van der Waals surface area contributed by atoms with Gasteiger partial charge < -0.3 is 0 Å². The first-order valence-corrected chi connectivity index (χ1v) is 8.39. The van der Waals surface area contributed by atoms with Crippen molar-refractivity contribution in [1.29, 1.82) is 0 Å². The fourth-order valence-electron chi connectivity index (χ4n) is 1.83. The molecule has 0 radical (unpaired) electrons. The summed E-state index contributed by atoms with van der Waals surface area (Å²) in [7, 11) is 0. The van der Waals surface area contributed by atoms with Crippen molar-refractivity contribution in [3.8, 4) is 0 Å². The van der Waals surface area contributed by atoms with Gasteiger partial charge in [-0.05, 0) is 42.5 Å². The molecule has 0 unspecified atom stereocenters. The minimum absolute atomic E-state index is 0.122. The van der Waals surface area contributed by atoms with E-state index in [0.29, 0.717) is 11.8 Å². The second-order valence-corrected chi connectivity index (χ2v) is 6.11. The lowest BCUT2D eigenvalue weighted by atomic mass is 9.80. The second kappa shape index (κ2) is 7.78. The molecular formula is C13H17Cl3S. The third-order valence-electron chi connectivity index (χ3n) is 2.97. The van der Waals surface area contributed by atoms with Crippen LogP contribution in [0.1, 0.15) is 18.4 Å². The lowest BCUT2D eigenvalue weighted by Crippen LogP contribution is -2.30. The predicted octanol–water partition coefficient (Wildman–Crippen LogP) is 5.20. The van der Waals surface area contributed by atoms with E-state index in [0.717, 1.165) is 23.6 Å². The maximum atomic E-state index is 6.15. The molecule has 0 saturated heterocycles. The molecule has 0 amide bonds. The van der Waals surface area contributed by atoms with E-state index in [-0.39, 0.29) is 5.41 Å². The summed E-state index contributed by atoms with van der Waals surface area (Å²) in [6, 6.07) is 7.87. The van der Waals surface area contributed by atoms with Gasteiger partial charge in [0.05, 0.1) is 0 Å². The van der Waals surface area contributed by atoms with Gasteiger partial charge >= 0.3 is 0 Å². The highest BCUT2D eigenvalue weighted by Crippen LogP contribution is 2.33. The van der Waals surface area contributed by atoms with Crippen molar-refractivity contribution in [1.82, 2.24) is 0 Å². The molecule has 96 valence electrons. The number of alkyl halides is 2. The molecule has 0 fully saturated rings. The van der Waals surface area contributed by atoms with Gasteiger partial charge in [0, 0.05) is 22.2 Å². The number of hydrogen-bond acceptors (Lipinski definition) is 1. The summed E-state index contributed by atoms with van der Waals surface area (Å²) in [4.78, 5) is 0. The highest BCUT2D eigenvalue weighted by atomic mass is 35.5. The van der Waals surface area contributed by atoms with Gasteiger partial charge in [-0.1, -0.05) is 23.7 Å². The van der Waals surface area contributed by atoms with Gasteiger partial charge in [0.25, 0.3) is 0 Å². The van der Waals surface area contributed by atoms with Gasteiger partial charge in [0.2, 0.25) is 0 Å². The summed E-state index contributed by atoms with van der Waals surface area (Å²) in [5.74, 6) is 2.24. The summed E-state index contributed by atoms with van der Waals surface area (Å²) < 4.78 is 0. The Morgan fingerprint density at radius 3 is 2.18 bits per heavy atom. The molecule has 1 rings (SSSR count). The summed E-state index contributed by atoms with van der Waals surface area (Å²) in [6.07, 6.45) is 4.26. The number of thioether (sulfide) groups is 1. The van der Waals surface area contributed by atoms with Crippen molar-refractivity contribution in [3.05, 3.63) is 34.9 Å². The van der Waals surface area contributed by atoms with E-state index in [1.54, 1.807) is 0 Å². The molecule has 0 bridgehead atoms. The molecular weight excluding hydrogens is 295 g/mol. The van der Waals surface area contributed by atoms with Crippen LogP contribution in [0, 0.1) is 0 Å². The van der Waals surface area contributed by atoms with Crippen LogP contribution in [0.2, 0.25) is 5.02 Å². The maximum absolute atomic E-state index is 6.15. The smallest absolute Gasteiger partial charge is 0.0406 e. The zero-order valence-electron chi connectivity index (χ0n) is 9.89. The zero-order valence-corrected chi connectivity index (χ0v) is 13.0. The van der Waals surface area contributed by atoms with Crippen LogP contribution in [0.15, 0.2) is 24.3 Å². The average molecular weight is 312 g/mol. The number of halogens is 3. The van der Waals surface area contributed by atoms with Gasteiger partial charge in [-0.25, -0.2) is 0 Å². The standard InChI is InChI=1S/C13H17Cl3S/c1-17-8-2-7-13(9-14,10-15)11-3-5-12(16)6-4-11/h3-6H,2,7-10H2,1H3. The fraction of sp³-hybridized carbons (Fsp3) is 0.538. The minimum atomic E-state index is -0.122. The lowest BCUT2D eigenvalue weighted by molar-refractivity contribution is 0.487. The molecule has 0 aliphatic rings. The second-order valence-electron chi connectivity index (χ2n) is 4.15. The van der Waals surface area contributed by atoms with E-state index in [1.165, 1.54) is 5.56 Å². The predicted molar refractivity (Wildman–Crippen MR) is 82.2 cm³/mol. The number of hydrogen-bond donors (Lipinski definition) is 0. The largest absolute Gasteiger partial charge is 0.165 e. The van der Waals surface area contributed by atoms with E-state index in [2.05, 4.69) is 6.26 Å². The Bertz CT molecular complexity index is 320. The van der Waals surface area contributed by atoms with Crippen molar-refractivity contribution in [2.24, 2.45) is 0 Å². The summed E-state index contributed by atoms with van der Waals surface area (Å²) in [5.41, 5.74) is 1.07. The SMILES string of the molecule is CSCCCC(CCl)(CCl)c1ccc(Cl)cc1. The van der Waals surface area contributed by atoms with Crippen LogP contribution in [-0.4, -0.2) is 23.8 Å². The third-order valence-corrected chi connectivity index (χ3v) is 4.94. The molecule has 0 atom stereocenters. The van der Waals surface area contributed by atoms with Crippen LogP contribution in [0.5, 0.6) is 0 Å². The van der Waals surface area contributed by atoms with Gasteiger partial charge in [-0.3, -0.25) is 0 Å². The Labute approximate surface area is 123 Å². The van der Waals surface area contributed by atoms with Crippen molar-refractivity contribution in [2.45, 2.75) is 18.3 Å². The first-order chi connectivity index (χ1) is 8.18. The fourth-order valence-corrected chi connectivity index (χ4v) is 3.25. The molecule has 0 N–H and O–H groups in total. The molecule has 1 aromatic carbocycles. The van der Waals surface area contributed by atoms with Gasteiger partial charge in [0.15, 0.2) is 0 Å². The number of rotatable bonds is 7. The number of benzene rings is 1. The highest BCUT2D eigenvalue weighted by molar-refractivity contribution is 7.98. The maximum Gasteiger partial charge on any atom is 0.0406 e. The minimum Gasteiger partial charge on any atom is -0.165 e. The summed E-state index contributed by atoms with van der Waals surface area (Å²) in [5, 5.41) is 0.746. The van der Waals surface area contributed by atoms with Crippen molar-refractivity contribution in [2.75, 3.05) is 23.8 Å². The molecule has 17 heavy (non-hydrogen) atoms. The Morgan fingerprint density at radius 1 is 1.12 bits per heavy atom. The molecule has 0 heterocycles. The lowest BCUT2D eigenvalue weighted by Gasteiger charge is -2.30. The van der Waals surface area contributed by atoms with E-state index in [4.69, 9.17) is 34.8 Å². The average Bonchev–Trinajstić information content (AvgIpc) is 2.37. The molecule has 0 spiro atoms. The monoisotopic (exact) mass is 310 g/mol. The van der Waals surface area contributed by atoms with E-state index in [1.807, 2.05) is 36.0 Å². The molecule has 0 saturated carbocycles. The van der Waals surface area contributed by atoms with Crippen molar-refractivity contribution >= 4 is 46.6 Å². The molecule has 4 heteroatoms. The quantitative estimate of drug-likeness (QED) is 0.493. The van der Waals surface area contributed by atoms with Gasteiger partial charge in [-0.2, -0.15) is 11.8 Å². The molecule has 0 aromatic heterocycles. The van der Waals surface area contributed by atoms with Gasteiger partial charge in [-0.15, -0.1) is 23.2 Å². The highest BCUT2D eigenvalue weighted by Gasteiger charge is 2.29. The zero-order chi connectivity index (χ0) is 12.7. The Hall–Kier alpha value is 0.440. The first-order valence-electron chi connectivity index (χ1n) is 5.55. The molecule has 0 aliphatic carbocycles. The van der Waals surface area contributed by atoms with Crippen LogP contribution in [0.3, 0.4) is 0 Å². The third kappa shape index (κ3) is 4.24. The van der Waals surface area contributed by atoms with Crippen LogP contribution in [0.25, 0.3) is 0 Å². The first kappa shape index (κ1) is 15.5.